The Balaban J connectivity index is 2.88. The van der Waals surface area contributed by atoms with Gasteiger partial charge in [-0.15, -0.1) is 0 Å². The molecule has 0 amide bonds. The second-order valence-electron chi connectivity index (χ2n) is 2.15. The minimum atomic E-state index is 1.06. The normalized spacial score (nSPS) is 13.7. The van der Waals surface area contributed by atoms with Gasteiger partial charge in [0.1, 0.15) is 11.6 Å². The minimum Gasteiger partial charge on any atom is -0.193 e. The first-order valence-electron chi connectivity index (χ1n) is 3.03. The molecule has 0 atom stereocenters. The summed E-state index contributed by atoms with van der Waals surface area (Å²) >= 11 is 3.39. The van der Waals surface area contributed by atoms with E-state index in [1.54, 1.807) is 0 Å². The molecule has 0 saturated heterocycles. The number of rotatable bonds is 0. The number of nitrogens with two attached hydrogens (primary N) is 1. The maximum absolute atomic E-state index is 4.14. The van der Waals surface area contributed by atoms with Crippen LogP contribution in [0.25, 0.3) is 6.20 Å². The van der Waals surface area contributed by atoms with Crippen molar-refractivity contribution in [1.82, 2.24) is 0 Å². The fourth-order valence-electron chi connectivity index (χ4n) is 0.974. The zero-order valence-electron chi connectivity index (χ0n) is 5.21. The first kappa shape index (κ1) is 6.07. The Bertz CT molecular complexity index is 370. The number of halogens is 1. The molecule has 1 aliphatic rings. The lowest BCUT2D eigenvalue weighted by molar-refractivity contribution is -0.559. The molecule has 2 rings (SSSR count). The predicted octanol–water partition coefficient (Wildman–Crippen LogP) is -0.701. The molecular formula is C7H6BrN2+. The molecule has 0 radical (unpaired) electrons. The molecule has 0 saturated carbocycles. The van der Waals surface area contributed by atoms with Crippen LogP contribution in [0.15, 0.2) is 27.8 Å². The number of benzene rings is 1. The van der Waals surface area contributed by atoms with Crippen LogP contribution < -0.4 is 16.0 Å². The zero-order valence-corrected chi connectivity index (χ0v) is 6.80. The molecule has 0 fully saturated rings. The molecule has 1 aromatic carbocycles. The third kappa shape index (κ3) is 0.874. The van der Waals surface area contributed by atoms with Gasteiger partial charge in [-0.2, -0.15) is 5.43 Å². The van der Waals surface area contributed by atoms with Gasteiger partial charge < -0.3 is 0 Å². The van der Waals surface area contributed by atoms with Crippen molar-refractivity contribution in [2.75, 3.05) is 0 Å². The predicted molar refractivity (Wildman–Crippen MR) is 41.3 cm³/mol. The molecule has 1 aliphatic heterocycles. The summed E-state index contributed by atoms with van der Waals surface area (Å²) in [6, 6.07) is 6.05. The van der Waals surface area contributed by atoms with Crippen LogP contribution in [0.3, 0.4) is 0 Å². The topological polar surface area (TPSA) is 29.0 Å². The molecule has 0 unspecified atom stereocenters. The average Bonchev–Trinajstić information content (AvgIpc) is 2.33. The quantitative estimate of drug-likeness (QED) is 0.534. The van der Waals surface area contributed by atoms with Gasteiger partial charge in [-0.25, -0.2) is 0 Å². The van der Waals surface area contributed by atoms with Crippen molar-refractivity contribution in [1.29, 1.82) is 0 Å². The Labute approximate surface area is 66.4 Å². The fraction of sp³-hybridized carbons (Fsp3) is 0. The number of fused-ring (bicyclic) bond motifs is 1. The molecule has 3 heteroatoms. The van der Waals surface area contributed by atoms with E-state index in [0.29, 0.717) is 0 Å². The van der Waals surface area contributed by atoms with E-state index in [-0.39, 0.29) is 0 Å². The van der Waals surface area contributed by atoms with Crippen LogP contribution in [0.5, 0.6) is 0 Å². The number of hydrogen-bond acceptors (Lipinski definition) is 1. The van der Waals surface area contributed by atoms with E-state index >= 15 is 0 Å². The maximum atomic E-state index is 4.14. The highest BCUT2D eigenvalue weighted by Crippen LogP contribution is 2.01. The summed E-state index contributed by atoms with van der Waals surface area (Å²) in [4.78, 5) is 0. The maximum Gasteiger partial charge on any atom is 0.131 e. The fourth-order valence-corrected chi connectivity index (χ4v) is 1.35. The highest BCUT2D eigenvalue weighted by atomic mass is 79.9. The van der Waals surface area contributed by atoms with Crippen molar-refractivity contribution >= 4 is 22.1 Å². The number of quaternary nitrogens is 1. The monoisotopic (exact) mass is 197 g/mol. The summed E-state index contributed by atoms with van der Waals surface area (Å²) in [7, 11) is 0. The van der Waals surface area contributed by atoms with E-state index in [9.17, 15) is 0 Å². The SMILES string of the molecule is Brc1ccc2c(c1)=C[NH2+]N=2. The molecule has 0 spiro atoms. The largest absolute Gasteiger partial charge is 0.193 e. The molecule has 2 N–H and O–H groups in total. The zero-order chi connectivity index (χ0) is 6.97. The molecule has 1 aromatic rings. The number of hydrogen-bond donors (Lipinski definition) is 1. The second-order valence-corrected chi connectivity index (χ2v) is 3.06. The smallest absolute Gasteiger partial charge is 0.131 e. The average molecular weight is 198 g/mol. The minimum absolute atomic E-state index is 1.06. The standard InChI is InChI=1S/C7H5BrN2/c8-6-1-2-7-5(3-6)4-9-10-7/h1-4H,(H,9,10)/p+1. The lowest BCUT2D eigenvalue weighted by Crippen LogP contribution is -2.69. The van der Waals surface area contributed by atoms with Crippen LogP contribution in [0, 0.1) is 0 Å². The third-order valence-corrected chi connectivity index (χ3v) is 1.95. The van der Waals surface area contributed by atoms with Gasteiger partial charge in [0.2, 0.25) is 0 Å². The summed E-state index contributed by atoms with van der Waals surface area (Å²) < 4.78 is 1.10. The molecule has 50 valence electrons. The van der Waals surface area contributed by atoms with E-state index in [2.05, 4.69) is 27.1 Å². The molecule has 0 aromatic heterocycles. The Morgan fingerprint density at radius 3 is 3.20 bits per heavy atom. The summed E-state index contributed by atoms with van der Waals surface area (Å²) in [5.41, 5.74) is 1.82. The second kappa shape index (κ2) is 2.18. The van der Waals surface area contributed by atoms with Gasteiger partial charge in [-0.1, -0.05) is 21.0 Å². The van der Waals surface area contributed by atoms with Crippen molar-refractivity contribution < 1.29 is 5.43 Å². The van der Waals surface area contributed by atoms with Gasteiger partial charge in [0.15, 0.2) is 0 Å². The van der Waals surface area contributed by atoms with E-state index in [4.69, 9.17) is 0 Å². The van der Waals surface area contributed by atoms with E-state index in [1.807, 2.05) is 23.8 Å². The molecule has 10 heavy (non-hydrogen) atoms. The summed E-state index contributed by atoms with van der Waals surface area (Å²) in [5, 5.41) is 6.39. The van der Waals surface area contributed by atoms with Crippen molar-refractivity contribution in [3.63, 3.8) is 0 Å². The molecule has 0 bridgehead atoms. The van der Waals surface area contributed by atoms with Crippen LogP contribution in [0.2, 0.25) is 0 Å². The lowest BCUT2D eigenvalue weighted by Gasteiger charge is -1.82. The van der Waals surface area contributed by atoms with Crippen LogP contribution >= 0.6 is 15.9 Å². The van der Waals surface area contributed by atoms with E-state index in [1.165, 1.54) is 5.22 Å². The van der Waals surface area contributed by atoms with E-state index < -0.39 is 0 Å². The van der Waals surface area contributed by atoms with Gasteiger partial charge in [0.05, 0.1) is 5.22 Å². The Kier molecular flexibility index (Phi) is 1.32. The first-order chi connectivity index (χ1) is 4.86. The van der Waals surface area contributed by atoms with Gasteiger partial charge >= 0.3 is 0 Å². The summed E-state index contributed by atoms with van der Waals surface area (Å²) in [5.74, 6) is 0. The van der Waals surface area contributed by atoms with E-state index in [0.717, 1.165) is 9.83 Å². The molecular weight excluding hydrogens is 192 g/mol. The van der Waals surface area contributed by atoms with Crippen LogP contribution in [-0.4, -0.2) is 0 Å². The lowest BCUT2D eigenvalue weighted by atomic mass is 10.3. The third-order valence-electron chi connectivity index (χ3n) is 1.46. The van der Waals surface area contributed by atoms with Crippen LogP contribution in [0.4, 0.5) is 0 Å². The van der Waals surface area contributed by atoms with Crippen molar-refractivity contribution in [3.8, 4) is 0 Å². The highest BCUT2D eigenvalue weighted by Gasteiger charge is 1.96. The Morgan fingerprint density at radius 2 is 2.30 bits per heavy atom. The number of nitrogens with zero attached hydrogens (tertiary/aromatic N) is 1. The van der Waals surface area contributed by atoms with Crippen molar-refractivity contribution in [2.24, 2.45) is 5.10 Å². The summed E-state index contributed by atoms with van der Waals surface area (Å²) in [6.07, 6.45) is 2.00. The molecule has 0 aliphatic carbocycles. The van der Waals surface area contributed by atoms with Crippen LogP contribution in [-0.2, 0) is 0 Å². The first-order valence-corrected chi connectivity index (χ1v) is 3.82. The molecule has 1 heterocycles. The highest BCUT2D eigenvalue weighted by molar-refractivity contribution is 9.10. The Morgan fingerprint density at radius 1 is 1.40 bits per heavy atom. The van der Waals surface area contributed by atoms with Gasteiger partial charge in [-0.3, -0.25) is 0 Å². The van der Waals surface area contributed by atoms with Gasteiger partial charge in [0, 0.05) is 4.47 Å². The molecule has 2 nitrogen and oxygen atoms in total. The van der Waals surface area contributed by atoms with Crippen molar-refractivity contribution in [3.05, 3.63) is 33.2 Å². The van der Waals surface area contributed by atoms with Gasteiger partial charge in [0.25, 0.3) is 0 Å². The van der Waals surface area contributed by atoms with Crippen molar-refractivity contribution in [2.45, 2.75) is 0 Å². The Hall–Kier alpha value is -0.670. The summed E-state index contributed by atoms with van der Waals surface area (Å²) in [6.45, 7) is 0. The van der Waals surface area contributed by atoms with Crippen LogP contribution in [0.1, 0.15) is 0 Å². The van der Waals surface area contributed by atoms with Gasteiger partial charge in [-0.05, 0) is 18.2 Å².